The van der Waals surface area contributed by atoms with Crippen LogP contribution in [0.3, 0.4) is 0 Å². The van der Waals surface area contributed by atoms with Gasteiger partial charge in [-0.15, -0.1) is 0 Å². The molecule has 1 aromatic carbocycles. The van der Waals surface area contributed by atoms with Gasteiger partial charge in [0.05, 0.1) is 13.2 Å². The first kappa shape index (κ1) is 18.1. The summed E-state index contributed by atoms with van der Waals surface area (Å²) in [7, 11) is 0. The van der Waals surface area contributed by atoms with Crippen LogP contribution in [0.2, 0.25) is 0 Å². The van der Waals surface area contributed by atoms with Gasteiger partial charge in [0.15, 0.2) is 5.82 Å². The zero-order chi connectivity index (χ0) is 19.2. The maximum Gasteiger partial charge on any atom is 0.272 e. The number of benzene rings is 1. The highest BCUT2D eigenvalue weighted by atomic mass is 16.5. The maximum absolute atomic E-state index is 13.0. The van der Waals surface area contributed by atoms with Crippen molar-refractivity contribution < 1.29 is 9.53 Å². The van der Waals surface area contributed by atoms with Crippen LogP contribution < -0.4 is 5.32 Å². The molecule has 1 N–H and O–H groups in total. The quantitative estimate of drug-likeness (QED) is 0.738. The van der Waals surface area contributed by atoms with Gasteiger partial charge in [0.25, 0.3) is 5.91 Å². The minimum absolute atomic E-state index is 0.104. The number of anilines is 1. The molecule has 0 atom stereocenters. The predicted molar refractivity (Wildman–Crippen MR) is 106 cm³/mol. The Kier molecular flexibility index (Phi) is 5.53. The number of pyridine rings is 1. The summed E-state index contributed by atoms with van der Waals surface area (Å²) < 4.78 is 5.35. The van der Waals surface area contributed by atoms with Crippen LogP contribution >= 0.6 is 0 Å². The van der Waals surface area contributed by atoms with Crippen LogP contribution in [0, 0.1) is 0 Å². The highest BCUT2D eigenvalue weighted by molar-refractivity contribution is 5.93. The number of ether oxygens (including phenoxy) is 1. The molecule has 0 spiro atoms. The van der Waals surface area contributed by atoms with Gasteiger partial charge < -0.3 is 15.0 Å². The van der Waals surface area contributed by atoms with Gasteiger partial charge >= 0.3 is 0 Å². The zero-order valence-corrected chi connectivity index (χ0v) is 15.4. The van der Waals surface area contributed by atoms with E-state index in [1.165, 1.54) is 0 Å². The molecule has 1 saturated heterocycles. The van der Waals surface area contributed by atoms with Crippen molar-refractivity contribution in [2.75, 3.05) is 31.6 Å². The molecule has 142 valence electrons. The molecule has 4 rings (SSSR count). The molecule has 3 aromatic rings. The van der Waals surface area contributed by atoms with E-state index in [1.807, 2.05) is 42.5 Å². The Balaban J connectivity index is 1.63. The normalized spacial score (nSPS) is 13.9. The first-order chi connectivity index (χ1) is 13.8. The van der Waals surface area contributed by atoms with Gasteiger partial charge in [-0.2, -0.15) is 0 Å². The van der Waals surface area contributed by atoms with Gasteiger partial charge in [-0.05, 0) is 11.6 Å². The Hall–Kier alpha value is -3.32. The standard InChI is InChI=1S/C21H21N5O2/c27-21(26-9-11-28-12-10-26)18-13-19(23-15-16-5-4-8-22-14-16)25-20(24-18)17-6-2-1-3-7-17/h1-8,13-14H,9-12,15H2,(H,23,24,25). The summed E-state index contributed by atoms with van der Waals surface area (Å²) in [6.07, 6.45) is 3.53. The van der Waals surface area contributed by atoms with Gasteiger partial charge in [0, 0.05) is 43.7 Å². The number of carbonyl (C=O) groups is 1. The number of carbonyl (C=O) groups excluding carboxylic acids is 1. The number of hydrogen-bond donors (Lipinski definition) is 1. The molecule has 0 saturated carbocycles. The Morgan fingerprint density at radius 1 is 1.07 bits per heavy atom. The molecular formula is C21H21N5O2. The fourth-order valence-electron chi connectivity index (χ4n) is 2.99. The van der Waals surface area contributed by atoms with Crippen LogP contribution in [-0.2, 0) is 11.3 Å². The lowest BCUT2D eigenvalue weighted by molar-refractivity contribution is 0.0299. The fourth-order valence-corrected chi connectivity index (χ4v) is 2.99. The number of hydrogen-bond acceptors (Lipinski definition) is 6. The lowest BCUT2D eigenvalue weighted by Gasteiger charge is -2.26. The molecule has 2 aromatic heterocycles. The number of rotatable bonds is 5. The molecule has 0 bridgehead atoms. The van der Waals surface area contributed by atoms with E-state index >= 15 is 0 Å². The lowest BCUT2D eigenvalue weighted by atomic mass is 10.2. The fraction of sp³-hybridized carbons (Fsp3) is 0.238. The van der Waals surface area contributed by atoms with Crippen molar-refractivity contribution in [2.45, 2.75) is 6.54 Å². The highest BCUT2D eigenvalue weighted by Crippen LogP contribution is 2.19. The summed E-state index contributed by atoms with van der Waals surface area (Å²) in [4.78, 5) is 28.0. The number of nitrogens with one attached hydrogen (secondary N) is 1. The van der Waals surface area contributed by atoms with Crippen LogP contribution in [0.4, 0.5) is 5.82 Å². The summed E-state index contributed by atoms with van der Waals surface area (Å²) >= 11 is 0. The maximum atomic E-state index is 13.0. The Morgan fingerprint density at radius 2 is 1.89 bits per heavy atom. The van der Waals surface area contributed by atoms with E-state index in [4.69, 9.17) is 4.74 Å². The van der Waals surface area contributed by atoms with E-state index in [2.05, 4.69) is 20.3 Å². The SMILES string of the molecule is O=C(c1cc(NCc2cccnc2)nc(-c2ccccc2)n1)N1CCOCC1. The highest BCUT2D eigenvalue weighted by Gasteiger charge is 2.21. The average molecular weight is 375 g/mol. The Labute approximate surface area is 163 Å². The van der Waals surface area contributed by atoms with Crippen LogP contribution in [0.1, 0.15) is 16.1 Å². The van der Waals surface area contributed by atoms with E-state index < -0.39 is 0 Å². The largest absolute Gasteiger partial charge is 0.378 e. The zero-order valence-electron chi connectivity index (χ0n) is 15.4. The second-order valence-electron chi connectivity index (χ2n) is 6.45. The van der Waals surface area contributed by atoms with Gasteiger partial charge in [0.1, 0.15) is 11.5 Å². The van der Waals surface area contributed by atoms with Crippen LogP contribution in [0.15, 0.2) is 60.9 Å². The number of nitrogens with zero attached hydrogens (tertiary/aromatic N) is 4. The smallest absolute Gasteiger partial charge is 0.272 e. The van der Waals surface area contributed by atoms with Gasteiger partial charge in [-0.3, -0.25) is 9.78 Å². The van der Waals surface area contributed by atoms with E-state index in [-0.39, 0.29) is 5.91 Å². The summed E-state index contributed by atoms with van der Waals surface area (Å²) in [5.41, 5.74) is 2.27. The van der Waals surface area contributed by atoms with Crippen LogP contribution in [0.25, 0.3) is 11.4 Å². The minimum Gasteiger partial charge on any atom is -0.378 e. The van der Waals surface area contributed by atoms with E-state index in [1.54, 1.807) is 23.4 Å². The summed E-state index contributed by atoms with van der Waals surface area (Å²) in [5.74, 6) is 1.02. The van der Waals surface area contributed by atoms with E-state index in [0.717, 1.165) is 11.1 Å². The topological polar surface area (TPSA) is 80.2 Å². The minimum atomic E-state index is -0.104. The molecule has 0 unspecified atom stereocenters. The molecule has 1 amide bonds. The summed E-state index contributed by atoms with van der Waals surface area (Å²) in [6, 6.07) is 15.2. The van der Waals surface area contributed by atoms with Crippen LogP contribution in [0.5, 0.6) is 0 Å². The molecule has 1 fully saturated rings. The average Bonchev–Trinajstić information content (AvgIpc) is 2.79. The van der Waals surface area contributed by atoms with Crippen LogP contribution in [-0.4, -0.2) is 52.1 Å². The second-order valence-corrected chi connectivity index (χ2v) is 6.45. The molecule has 1 aliphatic rings. The van der Waals surface area contributed by atoms with Crippen molar-refractivity contribution in [3.8, 4) is 11.4 Å². The second kappa shape index (κ2) is 8.58. The van der Waals surface area contributed by atoms with E-state index in [9.17, 15) is 4.79 Å². The monoisotopic (exact) mass is 375 g/mol. The van der Waals surface area contributed by atoms with Crippen molar-refractivity contribution in [2.24, 2.45) is 0 Å². The third-order valence-electron chi connectivity index (χ3n) is 4.47. The third kappa shape index (κ3) is 4.32. The number of amides is 1. The van der Waals surface area contributed by atoms with Crippen molar-refractivity contribution in [3.05, 3.63) is 72.2 Å². The molecule has 7 nitrogen and oxygen atoms in total. The third-order valence-corrected chi connectivity index (χ3v) is 4.47. The molecular weight excluding hydrogens is 354 g/mol. The van der Waals surface area contributed by atoms with Gasteiger partial charge in [-0.25, -0.2) is 9.97 Å². The lowest BCUT2D eigenvalue weighted by Crippen LogP contribution is -2.41. The van der Waals surface area contributed by atoms with Crippen molar-refractivity contribution in [3.63, 3.8) is 0 Å². The summed E-state index contributed by atoms with van der Waals surface area (Å²) in [6.45, 7) is 2.80. The van der Waals surface area contributed by atoms with E-state index in [0.29, 0.717) is 50.2 Å². The molecule has 28 heavy (non-hydrogen) atoms. The predicted octanol–water partition coefficient (Wildman–Crippen LogP) is 2.62. The summed E-state index contributed by atoms with van der Waals surface area (Å²) in [5, 5.41) is 3.28. The number of aromatic nitrogens is 3. The van der Waals surface area contributed by atoms with Crippen molar-refractivity contribution in [1.29, 1.82) is 0 Å². The van der Waals surface area contributed by atoms with Crippen molar-refractivity contribution >= 4 is 11.7 Å². The van der Waals surface area contributed by atoms with Gasteiger partial charge in [0.2, 0.25) is 0 Å². The molecule has 7 heteroatoms. The Morgan fingerprint density at radius 3 is 2.64 bits per heavy atom. The Bertz CT molecular complexity index is 928. The van der Waals surface area contributed by atoms with Crippen molar-refractivity contribution in [1.82, 2.24) is 19.9 Å². The van der Waals surface area contributed by atoms with Gasteiger partial charge in [-0.1, -0.05) is 36.4 Å². The molecule has 0 radical (unpaired) electrons. The first-order valence-corrected chi connectivity index (χ1v) is 9.24. The molecule has 0 aliphatic carbocycles. The molecule has 1 aliphatic heterocycles. The number of morpholine rings is 1. The first-order valence-electron chi connectivity index (χ1n) is 9.24. The molecule has 3 heterocycles.